The molecule has 0 unspecified atom stereocenters. The van der Waals surface area contributed by atoms with Gasteiger partial charge in [-0.1, -0.05) is 12.1 Å². The number of aryl methyl sites for hydroxylation is 3. The van der Waals surface area contributed by atoms with Crippen LogP contribution in [0.4, 0.5) is 0 Å². The number of pyridine rings is 1. The van der Waals surface area contributed by atoms with Crippen LogP contribution in [0, 0.1) is 6.92 Å². The topological polar surface area (TPSA) is 17.3 Å². The smallest absolute Gasteiger partial charge is 0.137 e. The van der Waals surface area contributed by atoms with Gasteiger partial charge in [0.25, 0.3) is 0 Å². The number of nitrogens with zero attached hydrogens (tertiary/aromatic N) is 2. The molecule has 1 aliphatic carbocycles. The van der Waals surface area contributed by atoms with Crippen LogP contribution in [0.2, 0.25) is 0 Å². The number of alkyl halides is 1. The molecule has 3 aromatic rings. The van der Waals surface area contributed by atoms with Crippen LogP contribution in [0.5, 0.6) is 0 Å². The molecule has 0 bridgehead atoms. The number of aromatic nitrogens is 2. The zero-order chi connectivity index (χ0) is 15.1. The van der Waals surface area contributed by atoms with Crippen LogP contribution in [-0.4, -0.2) is 9.38 Å². The van der Waals surface area contributed by atoms with Crippen molar-refractivity contribution in [1.29, 1.82) is 0 Å². The molecule has 0 N–H and O–H groups in total. The number of benzene rings is 1. The van der Waals surface area contributed by atoms with Gasteiger partial charge in [-0.25, -0.2) is 4.98 Å². The molecule has 0 saturated carbocycles. The molecular formula is C19H19ClN2. The summed E-state index contributed by atoms with van der Waals surface area (Å²) < 4.78 is 2.11. The molecule has 1 aliphatic rings. The molecule has 1 aromatic carbocycles. The van der Waals surface area contributed by atoms with E-state index >= 15 is 0 Å². The molecule has 0 amide bonds. The molecule has 0 atom stereocenters. The molecule has 2 aromatic heterocycles. The molecule has 22 heavy (non-hydrogen) atoms. The van der Waals surface area contributed by atoms with Crippen LogP contribution in [-0.2, 0) is 18.7 Å². The van der Waals surface area contributed by atoms with Crippen molar-refractivity contribution in [2.45, 2.75) is 38.5 Å². The number of hydrogen-bond donors (Lipinski definition) is 0. The molecule has 2 heterocycles. The van der Waals surface area contributed by atoms with E-state index in [1.807, 2.05) is 0 Å². The zero-order valence-corrected chi connectivity index (χ0v) is 13.5. The Labute approximate surface area is 135 Å². The van der Waals surface area contributed by atoms with Crippen molar-refractivity contribution in [1.82, 2.24) is 9.38 Å². The number of imidazole rings is 1. The highest BCUT2D eigenvalue weighted by molar-refractivity contribution is 6.17. The maximum absolute atomic E-state index is 6.22. The largest absolute Gasteiger partial charge is 0.302 e. The first kappa shape index (κ1) is 13.8. The fraction of sp³-hybridized carbons (Fsp3) is 0.316. The van der Waals surface area contributed by atoms with Crippen LogP contribution in [0.3, 0.4) is 0 Å². The van der Waals surface area contributed by atoms with E-state index in [1.54, 1.807) is 0 Å². The quantitative estimate of drug-likeness (QED) is 0.614. The van der Waals surface area contributed by atoms with Gasteiger partial charge in [0.15, 0.2) is 0 Å². The number of hydrogen-bond acceptors (Lipinski definition) is 1. The van der Waals surface area contributed by atoms with Gasteiger partial charge >= 0.3 is 0 Å². The van der Waals surface area contributed by atoms with Crippen molar-refractivity contribution in [3.05, 3.63) is 58.9 Å². The number of halogens is 1. The zero-order valence-electron chi connectivity index (χ0n) is 12.8. The van der Waals surface area contributed by atoms with Crippen molar-refractivity contribution in [3.63, 3.8) is 0 Å². The average molecular weight is 311 g/mol. The Morgan fingerprint density at radius 2 is 1.91 bits per heavy atom. The maximum Gasteiger partial charge on any atom is 0.137 e. The Hall–Kier alpha value is -1.80. The minimum atomic E-state index is 0.469. The van der Waals surface area contributed by atoms with E-state index in [9.17, 15) is 0 Å². The lowest BCUT2D eigenvalue weighted by molar-refractivity contribution is 0.686. The second-order valence-corrected chi connectivity index (χ2v) is 6.43. The van der Waals surface area contributed by atoms with Crippen molar-refractivity contribution < 1.29 is 0 Å². The predicted octanol–water partition coefficient (Wildman–Crippen LogP) is 4.93. The van der Waals surface area contributed by atoms with Gasteiger partial charge in [0.2, 0.25) is 0 Å². The van der Waals surface area contributed by atoms with Gasteiger partial charge < -0.3 is 4.40 Å². The molecule has 0 spiro atoms. The SMILES string of the molecule is Cc1ccn2c(CCl)c(-c3ccc4c(c3)CCCC4)nc2c1. The lowest BCUT2D eigenvalue weighted by Crippen LogP contribution is -2.02. The molecule has 0 radical (unpaired) electrons. The van der Waals surface area contributed by atoms with Crippen LogP contribution >= 0.6 is 11.6 Å². The molecule has 0 saturated heterocycles. The van der Waals surface area contributed by atoms with Crippen LogP contribution in [0.15, 0.2) is 36.5 Å². The number of fused-ring (bicyclic) bond motifs is 2. The van der Waals surface area contributed by atoms with Gasteiger partial charge in [-0.15, -0.1) is 11.6 Å². The molecule has 2 nitrogen and oxygen atoms in total. The summed E-state index contributed by atoms with van der Waals surface area (Å²) in [4.78, 5) is 4.84. The molecule has 0 aliphatic heterocycles. The summed E-state index contributed by atoms with van der Waals surface area (Å²) in [5.41, 5.74) is 8.47. The fourth-order valence-electron chi connectivity index (χ4n) is 3.44. The molecule has 112 valence electrons. The summed E-state index contributed by atoms with van der Waals surface area (Å²) in [5, 5.41) is 0. The Balaban J connectivity index is 1.90. The van der Waals surface area contributed by atoms with E-state index in [4.69, 9.17) is 16.6 Å². The summed E-state index contributed by atoms with van der Waals surface area (Å²) in [5.74, 6) is 0.469. The third kappa shape index (κ3) is 2.22. The van der Waals surface area contributed by atoms with Crippen molar-refractivity contribution in [3.8, 4) is 11.3 Å². The van der Waals surface area contributed by atoms with E-state index in [0.29, 0.717) is 5.88 Å². The summed E-state index contributed by atoms with van der Waals surface area (Å²) >= 11 is 6.22. The van der Waals surface area contributed by atoms with Gasteiger partial charge in [-0.05, 0) is 67.5 Å². The first-order valence-electron chi connectivity index (χ1n) is 7.92. The van der Waals surface area contributed by atoms with E-state index in [0.717, 1.165) is 17.0 Å². The van der Waals surface area contributed by atoms with Crippen LogP contribution in [0.25, 0.3) is 16.9 Å². The first-order chi connectivity index (χ1) is 10.8. The van der Waals surface area contributed by atoms with Crippen molar-refractivity contribution in [2.75, 3.05) is 0 Å². The number of rotatable bonds is 2. The maximum atomic E-state index is 6.22. The highest BCUT2D eigenvalue weighted by Crippen LogP contribution is 2.30. The predicted molar refractivity (Wildman–Crippen MR) is 91.6 cm³/mol. The fourth-order valence-corrected chi connectivity index (χ4v) is 3.69. The molecule has 4 rings (SSSR count). The summed E-state index contributed by atoms with van der Waals surface area (Å²) in [6, 6.07) is 11.0. The van der Waals surface area contributed by atoms with Gasteiger partial charge in [0.1, 0.15) is 5.65 Å². The normalized spacial score (nSPS) is 14.3. The molecule has 3 heteroatoms. The first-order valence-corrected chi connectivity index (χ1v) is 8.45. The van der Waals surface area contributed by atoms with E-state index < -0.39 is 0 Å². The van der Waals surface area contributed by atoms with E-state index in [1.165, 1.54) is 47.9 Å². The Bertz CT molecular complexity index is 848. The van der Waals surface area contributed by atoms with Gasteiger partial charge in [0, 0.05) is 11.8 Å². The minimum Gasteiger partial charge on any atom is -0.302 e. The van der Waals surface area contributed by atoms with Crippen LogP contribution in [0.1, 0.15) is 35.2 Å². The summed E-state index contributed by atoms with van der Waals surface area (Å²) in [7, 11) is 0. The Kier molecular flexibility index (Phi) is 3.42. The Morgan fingerprint density at radius 3 is 2.73 bits per heavy atom. The van der Waals surface area contributed by atoms with Crippen molar-refractivity contribution in [2.24, 2.45) is 0 Å². The average Bonchev–Trinajstić information content (AvgIpc) is 2.91. The second kappa shape index (κ2) is 5.44. The molecular weight excluding hydrogens is 292 g/mol. The lowest BCUT2D eigenvalue weighted by atomic mass is 9.90. The van der Waals surface area contributed by atoms with E-state index in [2.05, 4.69) is 47.9 Å². The second-order valence-electron chi connectivity index (χ2n) is 6.16. The standard InChI is InChI=1S/C19H19ClN2/c1-13-8-9-22-17(12-20)19(21-18(22)10-13)16-7-6-14-4-2-3-5-15(14)11-16/h6-11H,2-5,12H2,1H3. The van der Waals surface area contributed by atoms with Gasteiger partial charge in [-0.2, -0.15) is 0 Å². The lowest BCUT2D eigenvalue weighted by Gasteiger charge is -2.16. The van der Waals surface area contributed by atoms with E-state index in [-0.39, 0.29) is 0 Å². The van der Waals surface area contributed by atoms with Crippen molar-refractivity contribution >= 4 is 17.2 Å². The Morgan fingerprint density at radius 1 is 1.09 bits per heavy atom. The summed E-state index contributed by atoms with van der Waals surface area (Å²) in [6.07, 6.45) is 7.07. The highest BCUT2D eigenvalue weighted by atomic mass is 35.5. The third-order valence-electron chi connectivity index (χ3n) is 4.63. The third-order valence-corrected chi connectivity index (χ3v) is 4.88. The highest BCUT2D eigenvalue weighted by Gasteiger charge is 2.16. The monoisotopic (exact) mass is 310 g/mol. The molecule has 0 fully saturated rings. The summed E-state index contributed by atoms with van der Waals surface area (Å²) in [6.45, 7) is 2.09. The van der Waals surface area contributed by atoms with Crippen LogP contribution < -0.4 is 0 Å². The van der Waals surface area contributed by atoms with Gasteiger partial charge in [0.05, 0.1) is 17.3 Å². The minimum absolute atomic E-state index is 0.469. The van der Waals surface area contributed by atoms with Gasteiger partial charge in [-0.3, -0.25) is 0 Å².